The number of hydrogen-bond acceptors (Lipinski definition) is 4. The van der Waals surface area contributed by atoms with Gasteiger partial charge >= 0.3 is 0 Å². The summed E-state index contributed by atoms with van der Waals surface area (Å²) in [5.41, 5.74) is 0.380. The highest BCUT2D eigenvalue weighted by atomic mass is 32.2. The van der Waals surface area contributed by atoms with Crippen LogP contribution in [0.2, 0.25) is 0 Å². The molecule has 6 nitrogen and oxygen atoms in total. The lowest BCUT2D eigenvalue weighted by Crippen LogP contribution is -2.01. The van der Waals surface area contributed by atoms with Crippen LogP contribution in [0.1, 0.15) is 11.1 Å². The maximum absolute atomic E-state index is 11.3. The van der Waals surface area contributed by atoms with Gasteiger partial charge in [-0.05, 0) is 23.3 Å². The molecule has 0 saturated heterocycles. The zero-order chi connectivity index (χ0) is 16.4. The summed E-state index contributed by atoms with van der Waals surface area (Å²) < 4.78 is 63.4. The molecule has 0 bridgehead atoms. The van der Waals surface area contributed by atoms with Crippen molar-refractivity contribution in [2.45, 2.75) is 9.79 Å². The highest BCUT2D eigenvalue weighted by Crippen LogP contribution is 2.21. The predicted molar refractivity (Wildman–Crippen MR) is 81.4 cm³/mol. The molecule has 0 saturated carbocycles. The molecule has 2 aromatic carbocycles. The molecule has 8 heteroatoms. The van der Waals surface area contributed by atoms with Gasteiger partial charge in [0.05, 0.1) is 0 Å². The van der Waals surface area contributed by atoms with Crippen molar-refractivity contribution in [2.24, 2.45) is 0 Å². The number of hydrogen-bond donors (Lipinski definition) is 2. The Morgan fingerprint density at radius 2 is 0.955 bits per heavy atom. The third kappa shape index (κ3) is 3.80. The molecular weight excluding hydrogens is 328 g/mol. The van der Waals surface area contributed by atoms with Crippen molar-refractivity contribution in [2.75, 3.05) is 0 Å². The molecule has 2 N–H and O–H groups in total. The molecule has 0 unspecified atom stereocenters. The fourth-order valence-electron chi connectivity index (χ4n) is 1.89. The molecule has 0 aromatic heterocycles. The van der Waals surface area contributed by atoms with E-state index in [9.17, 15) is 16.8 Å². The Bertz CT molecular complexity index is 850. The van der Waals surface area contributed by atoms with Crippen LogP contribution in [0.3, 0.4) is 0 Å². The van der Waals surface area contributed by atoms with Gasteiger partial charge < -0.3 is 0 Å². The molecule has 0 aliphatic carbocycles. The van der Waals surface area contributed by atoms with E-state index in [0.717, 1.165) is 0 Å². The van der Waals surface area contributed by atoms with Gasteiger partial charge in [-0.15, -0.1) is 0 Å². The molecular formula is C14H12O6S2. The van der Waals surface area contributed by atoms with Crippen molar-refractivity contribution in [1.82, 2.24) is 0 Å². The summed E-state index contributed by atoms with van der Waals surface area (Å²) in [6.45, 7) is 0. The average Bonchev–Trinajstić information content (AvgIpc) is 2.44. The smallest absolute Gasteiger partial charge is 0.282 e. The summed E-state index contributed by atoms with van der Waals surface area (Å²) >= 11 is 0. The van der Waals surface area contributed by atoms with E-state index < -0.39 is 20.2 Å². The Morgan fingerprint density at radius 3 is 1.27 bits per heavy atom. The van der Waals surface area contributed by atoms with Crippen LogP contribution in [-0.4, -0.2) is 25.9 Å². The van der Waals surface area contributed by atoms with Crippen LogP contribution in [0, 0.1) is 0 Å². The topological polar surface area (TPSA) is 109 Å². The van der Waals surface area contributed by atoms with E-state index in [1.54, 1.807) is 12.1 Å². The Hall–Kier alpha value is -2.00. The summed E-state index contributed by atoms with van der Waals surface area (Å²) in [6, 6.07) is 11.4. The summed E-state index contributed by atoms with van der Waals surface area (Å²) in [7, 11) is -8.79. The second-order valence-corrected chi connectivity index (χ2v) is 7.14. The minimum Gasteiger partial charge on any atom is -0.282 e. The fraction of sp³-hybridized carbons (Fsp3) is 0. The van der Waals surface area contributed by atoms with E-state index in [2.05, 4.69) is 0 Å². The molecule has 116 valence electrons. The van der Waals surface area contributed by atoms with Gasteiger partial charge in [0.1, 0.15) is 9.79 Å². The third-order valence-electron chi connectivity index (χ3n) is 2.84. The SMILES string of the molecule is O=S(=O)(O)c1ccccc1C=Cc1ccccc1S(=O)(=O)O. The first-order valence-electron chi connectivity index (χ1n) is 6.01. The van der Waals surface area contributed by atoms with E-state index >= 15 is 0 Å². The number of benzene rings is 2. The second kappa shape index (κ2) is 6.01. The molecule has 22 heavy (non-hydrogen) atoms. The lowest BCUT2D eigenvalue weighted by Gasteiger charge is -2.04. The van der Waals surface area contributed by atoms with Crippen LogP contribution in [0.25, 0.3) is 12.2 Å². The highest BCUT2D eigenvalue weighted by molar-refractivity contribution is 7.86. The van der Waals surface area contributed by atoms with Gasteiger partial charge in [-0.1, -0.05) is 48.6 Å². The van der Waals surface area contributed by atoms with Crippen molar-refractivity contribution in [3.63, 3.8) is 0 Å². The maximum Gasteiger partial charge on any atom is 0.295 e. The molecule has 0 spiro atoms. The highest BCUT2D eigenvalue weighted by Gasteiger charge is 2.14. The first-order valence-corrected chi connectivity index (χ1v) is 8.89. The zero-order valence-electron chi connectivity index (χ0n) is 11.1. The molecule has 0 amide bonds. The van der Waals surface area contributed by atoms with Crippen molar-refractivity contribution in [1.29, 1.82) is 0 Å². The normalized spacial score (nSPS) is 12.6. The monoisotopic (exact) mass is 340 g/mol. The minimum absolute atomic E-state index is 0.190. The molecule has 0 radical (unpaired) electrons. The largest absolute Gasteiger partial charge is 0.295 e. The summed E-state index contributed by atoms with van der Waals surface area (Å²) in [5, 5.41) is 0. The lowest BCUT2D eigenvalue weighted by molar-refractivity contribution is 0.480. The van der Waals surface area contributed by atoms with Gasteiger partial charge in [0.2, 0.25) is 0 Å². The van der Waals surface area contributed by atoms with Crippen LogP contribution in [-0.2, 0) is 20.2 Å². The van der Waals surface area contributed by atoms with Gasteiger partial charge in [-0.3, -0.25) is 9.11 Å². The van der Waals surface area contributed by atoms with Gasteiger partial charge in [0.25, 0.3) is 20.2 Å². The molecule has 0 fully saturated rings. The average molecular weight is 340 g/mol. The van der Waals surface area contributed by atoms with Crippen LogP contribution in [0.5, 0.6) is 0 Å². The summed E-state index contributed by atoms with van der Waals surface area (Å²) in [6.07, 6.45) is 2.68. The molecule has 0 aliphatic rings. The van der Waals surface area contributed by atoms with Gasteiger partial charge in [-0.25, -0.2) is 0 Å². The maximum atomic E-state index is 11.3. The van der Waals surface area contributed by atoms with Crippen molar-refractivity contribution in [3.8, 4) is 0 Å². The van der Waals surface area contributed by atoms with Crippen molar-refractivity contribution < 1.29 is 25.9 Å². The Balaban J connectivity index is 2.53. The minimum atomic E-state index is -4.40. The van der Waals surface area contributed by atoms with E-state index in [1.165, 1.54) is 48.6 Å². The first-order chi connectivity index (χ1) is 10.2. The Labute approximate surface area is 128 Å². The summed E-state index contributed by atoms with van der Waals surface area (Å²) in [4.78, 5) is -0.592. The van der Waals surface area contributed by atoms with Gasteiger partial charge in [0.15, 0.2) is 0 Å². The fourth-order valence-corrected chi connectivity index (χ4v) is 3.25. The standard InChI is InChI=1S/C14H12O6S2/c15-21(16,17)13-7-3-1-5-11(13)9-10-12-6-2-4-8-14(12)22(18,19)20/h1-10H,(H,15,16,17)(H,18,19,20). The molecule has 2 rings (SSSR count). The van der Waals surface area contributed by atoms with Crippen LogP contribution in [0.4, 0.5) is 0 Å². The number of rotatable bonds is 4. The van der Waals surface area contributed by atoms with E-state index in [1.807, 2.05) is 0 Å². The molecule has 0 aliphatic heterocycles. The van der Waals surface area contributed by atoms with E-state index in [-0.39, 0.29) is 20.9 Å². The second-order valence-electron chi connectivity index (χ2n) is 4.36. The van der Waals surface area contributed by atoms with E-state index in [4.69, 9.17) is 9.11 Å². The summed E-state index contributed by atoms with van der Waals surface area (Å²) in [5.74, 6) is 0. The predicted octanol–water partition coefficient (Wildman–Crippen LogP) is 2.35. The van der Waals surface area contributed by atoms with Gasteiger partial charge in [-0.2, -0.15) is 16.8 Å². The van der Waals surface area contributed by atoms with Gasteiger partial charge in [0, 0.05) is 0 Å². The van der Waals surface area contributed by atoms with Crippen LogP contribution < -0.4 is 0 Å². The van der Waals surface area contributed by atoms with E-state index in [0.29, 0.717) is 0 Å². The van der Waals surface area contributed by atoms with Crippen molar-refractivity contribution in [3.05, 3.63) is 59.7 Å². The van der Waals surface area contributed by atoms with Crippen LogP contribution in [0.15, 0.2) is 58.3 Å². The zero-order valence-corrected chi connectivity index (χ0v) is 12.8. The Morgan fingerprint density at radius 1 is 0.636 bits per heavy atom. The lowest BCUT2D eigenvalue weighted by atomic mass is 10.1. The van der Waals surface area contributed by atoms with Crippen molar-refractivity contribution >= 4 is 32.4 Å². The van der Waals surface area contributed by atoms with Crippen LogP contribution >= 0.6 is 0 Å². The molecule has 0 atom stereocenters. The third-order valence-corrected chi connectivity index (χ3v) is 4.69. The molecule has 2 aromatic rings. The first kappa shape index (κ1) is 16.4. The molecule has 0 heterocycles. The quantitative estimate of drug-likeness (QED) is 0.653. The Kier molecular flexibility index (Phi) is 4.47.